The van der Waals surface area contributed by atoms with Crippen LogP contribution in [0.25, 0.3) is 11.4 Å². The fourth-order valence-electron chi connectivity index (χ4n) is 3.16. The number of anilines is 1. The molecule has 0 spiro atoms. The summed E-state index contributed by atoms with van der Waals surface area (Å²) in [6.45, 7) is 2.33. The molecule has 1 amide bonds. The Hall–Kier alpha value is -4.31. The van der Waals surface area contributed by atoms with E-state index in [9.17, 15) is 9.59 Å². The third kappa shape index (κ3) is 5.18. The first-order chi connectivity index (χ1) is 16.6. The zero-order chi connectivity index (χ0) is 23.9. The number of esters is 1. The topological polar surface area (TPSA) is 103 Å². The monoisotopic (exact) mass is 474 g/mol. The Balaban J connectivity index is 1.58. The SMILES string of the molecule is CCOC(=O)c1ccc(NCn2nc(-c3ccccc3)n(NC(=O)c3ccncc3)c2=S)cc1. The van der Waals surface area contributed by atoms with E-state index in [0.717, 1.165) is 11.3 Å². The lowest BCUT2D eigenvalue weighted by molar-refractivity contribution is 0.0526. The molecule has 34 heavy (non-hydrogen) atoms. The number of carbonyl (C=O) groups excluding carboxylic acids is 2. The smallest absolute Gasteiger partial charge is 0.338 e. The van der Waals surface area contributed by atoms with Crippen LogP contribution in [0.5, 0.6) is 0 Å². The number of rotatable bonds is 8. The molecule has 0 atom stereocenters. The highest BCUT2D eigenvalue weighted by Gasteiger charge is 2.16. The molecule has 0 aliphatic rings. The molecule has 10 heteroatoms. The molecule has 0 aliphatic carbocycles. The van der Waals surface area contributed by atoms with Crippen LogP contribution in [-0.4, -0.2) is 37.9 Å². The number of amides is 1. The van der Waals surface area contributed by atoms with Crippen molar-refractivity contribution in [3.05, 3.63) is 95.0 Å². The Morgan fingerprint density at radius 2 is 1.68 bits per heavy atom. The predicted molar refractivity (Wildman–Crippen MR) is 130 cm³/mol. The zero-order valence-electron chi connectivity index (χ0n) is 18.3. The van der Waals surface area contributed by atoms with Gasteiger partial charge in [-0.15, -0.1) is 5.10 Å². The Morgan fingerprint density at radius 1 is 0.971 bits per heavy atom. The van der Waals surface area contributed by atoms with E-state index in [1.807, 2.05) is 30.3 Å². The Kier molecular flexibility index (Phi) is 7.09. The minimum absolute atomic E-state index is 0.246. The number of pyridine rings is 1. The summed E-state index contributed by atoms with van der Waals surface area (Å²) < 4.78 is 8.37. The van der Waals surface area contributed by atoms with Gasteiger partial charge in [0.1, 0.15) is 6.67 Å². The van der Waals surface area contributed by atoms with Gasteiger partial charge in [0.2, 0.25) is 4.77 Å². The summed E-state index contributed by atoms with van der Waals surface area (Å²) >= 11 is 5.62. The molecule has 2 aromatic carbocycles. The predicted octanol–water partition coefficient (Wildman–Crippen LogP) is 4.11. The first-order valence-electron chi connectivity index (χ1n) is 10.5. The van der Waals surface area contributed by atoms with Gasteiger partial charge in [-0.2, -0.15) is 0 Å². The van der Waals surface area contributed by atoms with Crippen LogP contribution in [-0.2, 0) is 11.4 Å². The van der Waals surface area contributed by atoms with Gasteiger partial charge >= 0.3 is 5.97 Å². The first-order valence-corrected chi connectivity index (χ1v) is 11.0. The quantitative estimate of drug-likeness (QED) is 0.293. The van der Waals surface area contributed by atoms with Crippen molar-refractivity contribution in [2.24, 2.45) is 0 Å². The van der Waals surface area contributed by atoms with Crippen LogP contribution in [0.2, 0.25) is 0 Å². The maximum atomic E-state index is 12.8. The summed E-state index contributed by atoms with van der Waals surface area (Å²) in [7, 11) is 0. The number of hydrogen-bond acceptors (Lipinski definition) is 7. The minimum Gasteiger partial charge on any atom is -0.462 e. The lowest BCUT2D eigenvalue weighted by Crippen LogP contribution is -2.24. The lowest BCUT2D eigenvalue weighted by Gasteiger charge is -2.09. The van der Waals surface area contributed by atoms with Crippen LogP contribution in [0.1, 0.15) is 27.6 Å². The fourth-order valence-corrected chi connectivity index (χ4v) is 3.40. The summed E-state index contributed by atoms with van der Waals surface area (Å²) in [4.78, 5) is 28.6. The van der Waals surface area contributed by atoms with E-state index >= 15 is 0 Å². The molecule has 4 aromatic rings. The minimum atomic E-state index is -0.368. The molecule has 0 radical (unpaired) electrons. The van der Waals surface area contributed by atoms with E-state index in [0.29, 0.717) is 28.3 Å². The molecule has 4 rings (SSSR count). The number of nitrogens with one attached hydrogen (secondary N) is 2. The molecule has 0 saturated carbocycles. The van der Waals surface area contributed by atoms with E-state index in [-0.39, 0.29) is 18.5 Å². The van der Waals surface area contributed by atoms with Gasteiger partial charge in [0.15, 0.2) is 5.82 Å². The Morgan fingerprint density at radius 3 is 2.35 bits per heavy atom. The largest absolute Gasteiger partial charge is 0.462 e. The van der Waals surface area contributed by atoms with Crippen LogP contribution >= 0.6 is 12.2 Å². The van der Waals surface area contributed by atoms with Crippen molar-refractivity contribution in [1.29, 1.82) is 0 Å². The highest BCUT2D eigenvalue weighted by atomic mass is 32.1. The van der Waals surface area contributed by atoms with Gasteiger partial charge in [-0.05, 0) is 55.5 Å². The molecule has 0 saturated heterocycles. The van der Waals surface area contributed by atoms with Crippen molar-refractivity contribution >= 4 is 29.8 Å². The standard InChI is InChI=1S/C24H22N6O3S/c1-2-33-23(32)19-8-10-20(11-9-19)26-16-29-24(34)30(21(27-29)17-6-4-3-5-7-17)28-22(31)18-12-14-25-15-13-18/h3-15,26H,2,16H2,1H3,(H,28,31). The number of hydrogen-bond donors (Lipinski definition) is 2. The molecule has 2 N–H and O–H groups in total. The van der Waals surface area contributed by atoms with Crippen LogP contribution in [0, 0.1) is 4.77 Å². The number of benzene rings is 2. The number of ether oxygens (including phenoxy) is 1. The third-order valence-corrected chi connectivity index (χ3v) is 5.25. The number of carbonyl (C=O) groups is 2. The summed E-state index contributed by atoms with van der Waals surface area (Å²) in [5, 5.41) is 7.85. The van der Waals surface area contributed by atoms with Crippen molar-refractivity contribution in [2.75, 3.05) is 17.3 Å². The molecule has 0 unspecified atom stereocenters. The average molecular weight is 475 g/mol. The highest BCUT2D eigenvalue weighted by molar-refractivity contribution is 7.71. The lowest BCUT2D eigenvalue weighted by atomic mass is 10.2. The van der Waals surface area contributed by atoms with E-state index in [1.165, 1.54) is 4.68 Å². The van der Waals surface area contributed by atoms with Gasteiger partial charge in [-0.25, -0.2) is 14.2 Å². The van der Waals surface area contributed by atoms with E-state index in [1.54, 1.807) is 60.4 Å². The van der Waals surface area contributed by atoms with E-state index < -0.39 is 0 Å². The molecule has 0 fully saturated rings. The second-order valence-corrected chi connectivity index (χ2v) is 7.48. The van der Waals surface area contributed by atoms with E-state index in [2.05, 4.69) is 20.8 Å². The normalized spacial score (nSPS) is 10.5. The van der Waals surface area contributed by atoms with Crippen molar-refractivity contribution in [3.63, 3.8) is 0 Å². The molecule has 2 aromatic heterocycles. The number of nitrogens with zero attached hydrogens (tertiary/aromatic N) is 4. The van der Waals surface area contributed by atoms with Crippen molar-refractivity contribution < 1.29 is 14.3 Å². The van der Waals surface area contributed by atoms with Crippen LogP contribution < -0.4 is 10.7 Å². The Bertz CT molecular complexity index is 1330. The third-order valence-electron chi connectivity index (χ3n) is 4.86. The average Bonchev–Trinajstić information content (AvgIpc) is 3.19. The first kappa shape index (κ1) is 22.9. The van der Waals surface area contributed by atoms with Crippen molar-refractivity contribution in [3.8, 4) is 11.4 Å². The van der Waals surface area contributed by atoms with Gasteiger partial charge < -0.3 is 10.1 Å². The van der Waals surface area contributed by atoms with Gasteiger partial charge in [0, 0.05) is 29.2 Å². The number of aromatic nitrogens is 4. The summed E-state index contributed by atoms with van der Waals surface area (Å²) in [5.74, 6) is -0.210. The highest BCUT2D eigenvalue weighted by Crippen LogP contribution is 2.18. The molecule has 0 aliphatic heterocycles. The van der Waals surface area contributed by atoms with E-state index in [4.69, 9.17) is 17.0 Å². The second-order valence-electron chi connectivity index (χ2n) is 7.12. The fraction of sp³-hybridized carbons (Fsp3) is 0.125. The van der Waals surface area contributed by atoms with Crippen LogP contribution in [0.15, 0.2) is 79.1 Å². The molecular weight excluding hydrogens is 452 g/mol. The Labute approximate surface area is 201 Å². The van der Waals surface area contributed by atoms with Crippen LogP contribution in [0.3, 0.4) is 0 Å². The zero-order valence-corrected chi connectivity index (χ0v) is 19.2. The van der Waals surface area contributed by atoms with Crippen molar-refractivity contribution in [2.45, 2.75) is 13.6 Å². The molecule has 9 nitrogen and oxygen atoms in total. The van der Waals surface area contributed by atoms with Gasteiger partial charge in [0.25, 0.3) is 5.91 Å². The van der Waals surface area contributed by atoms with Gasteiger partial charge in [-0.1, -0.05) is 30.3 Å². The molecule has 2 heterocycles. The molecular formula is C24H22N6O3S. The van der Waals surface area contributed by atoms with Crippen LogP contribution in [0.4, 0.5) is 5.69 Å². The molecule has 172 valence electrons. The maximum absolute atomic E-state index is 12.8. The summed E-state index contributed by atoms with van der Waals surface area (Å²) in [6.07, 6.45) is 3.10. The van der Waals surface area contributed by atoms with Gasteiger partial charge in [0.05, 0.1) is 12.2 Å². The summed E-state index contributed by atoms with van der Waals surface area (Å²) in [6, 6.07) is 19.6. The second kappa shape index (κ2) is 10.5. The molecule has 0 bridgehead atoms. The maximum Gasteiger partial charge on any atom is 0.338 e. The van der Waals surface area contributed by atoms with Crippen molar-refractivity contribution in [1.82, 2.24) is 19.4 Å². The summed E-state index contributed by atoms with van der Waals surface area (Å²) in [5.41, 5.74) is 5.31. The van der Waals surface area contributed by atoms with Gasteiger partial charge in [-0.3, -0.25) is 15.2 Å².